The van der Waals surface area contributed by atoms with Crippen molar-refractivity contribution < 1.29 is 4.74 Å². The minimum absolute atomic E-state index is 0.0254. The predicted octanol–water partition coefficient (Wildman–Crippen LogP) is 3.35. The Morgan fingerprint density at radius 1 is 1.33 bits per heavy atom. The van der Waals surface area contributed by atoms with E-state index in [1.165, 1.54) is 16.7 Å². The van der Waals surface area contributed by atoms with E-state index < -0.39 is 0 Å². The van der Waals surface area contributed by atoms with Crippen molar-refractivity contribution in [1.82, 2.24) is 5.32 Å². The number of benzene rings is 1. The quantitative estimate of drug-likeness (QED) is 0.884. The van der Waals surface area contributed by atoms with Crippen LogP contribution in [-0.2, 0) is 11.3 Å². The summed E-state index contributed by atoms with van der Waals surface area (Å²) in [5.41, 5.74) is 4.15. The van der Waals surface area contributed by atoms with Crippen molar-refractivity contribution >= 4 is 0 Å². The average Bonchev–Trinajstić information content (AvgIpc) is 2.29. The van der Waals surface area contributed by atoms with Crippen LogP contribution >= 0.6 is 0 Å². The van der Waals surface area contributed by atoms with Crippen molar-refractivity contribution in [3.05, 3.63) is 34.9 Å². The van der Waals surface area contributed by atoms with Crippen LogP contribution in [0, 0.1) is 13.8 Å². The van der Waals surface area contributed by atoms with Crippen LogP contribution in [0.1, 0.15) is 43.4 Å². The fraction of sp³-hybridized carbons (Fsp3) is 0.625. The van der Waals surface area contributed by atoms with Gasteiger partial charge in [-0.05, 0) is 51.7 Å². The Morgan fingerprint density at radius 3 is 2.83 bits per heavy atom. The molecule has 2 nitrogen and oxygen atoms in total. The molecule has 0 saturated carbocycles. The molecule has 1 unspecified atom stereocenters. The van der Waals surface area contributed by atoms with E-state index in [9.17, 15) is 0 Å². The summed E-state index contributed by atoms with van der Waals surface area (Å²) in [6.45, 7) is 10.5. The lowest BCUT2D eigenvalue weighted by Crippen LogP contribution is -2.43. The number of hydrogen-bond donors (Lipinski definition) is 1. The van der Waals surface area contributed by atoms with E-state index in [1.807, 2.05) is 0 Å². The summed E-state index contributed by atoms with van der Waals surface area (Å²) in [6.07, 6.45) is 2.21. The topological polar surface area (TPSA) is 21.3 Å². The van der Waals surface area contributed by atoms with Gasteiger partial charge >= 0.3 is 0 Å². The molecule has 18 heavy (non-hydrogen) atoms. The monoisotopic (exact) mass is 247 g/mol. The molecule has 1 fully saturated rings. The summed E-state index contributed by atoms with van der Waals surface area (Å²) in [7, 11) is 0. The third kappa shape index (κ3) is 3.56. The molecule has 1 aromatic rings. The number of nitrogens with one attached hydrogen (secondary N) is 1. The Balaban J connectivity index is 1.93. The summed E-state index contributed by atoms with van der Waals surface area (Å²) in [5, 5.41) is 3.68. The van der Waals surface area contributed by atoms with E-state index in [2.05, 4.69) is 51.2 Å². The third-order valence-corrected chi connectivity index (χ3v) is 3.78. The summed E-state index contributed by atoms with van der Waals surface area (Å²) in [5.74, 6) is 0. The fourth-order valence-corrected chi connectivity index (χ4v) is 2.65. The highest BCUT2D eigenvalue weighted by atomic mass is 16.5. The molecule has 1 atom stereocenters. The Morgan fingerprint density at radius 2 is 2.11 bits per heavy atom. The Labute approximate surface area is 111 Å². The molecule has 0 aliphatic carbocycles. The van der Waals surface area contributed by atoms with E-state index in [0.717, 1.165) is 26.0 Å². The van der Waals surface area contributed by atoms with Crippen molar-refractivity contribution in [2.24, 2.45) is 0 Å². The Kier molecular flexibility index (Phi) is 4.08. The molecule has 100 valence electrons. The lowest BCUT2D eigenvalue weighted by Gasteiger charge is -2.36. The first-order chi connectivity index (χ1) is 8.46. The van der Waals surface area contributed by atoms with Gasteiger partial charge < -0.3 is 10.1 Å². The van der Waals surface area contributed by atoms with Crippen LogP contribution in [0.3, 0.4) is 0 Å². The van der Waals surface area contributed by atoms with E-state index in [1.54, 1.807) is 0 Å². The molecule has 0 aromatic heterocycles. The number of hydrogen-bond acceptors (Lipinski definition) is 2. The molecule has 1 saturated heterocycles. The van der Waals surface area contributed by atoms with Gasteiger partial charge in [-0.25, -0.2) is 0 Å². The second-order valence-electron chi connectivity index (χ2n) is 6.11. The van der Waals surface area contributed by atoms with Crippen LogP contribution in [0.4, 0.5) is 0 Å². The summed E-state index contributed by atoms with van der Waals surface area (Å²) >= 11 is 0. The maximum absolute atomic E-state index is 5.75. The molecule has 1 N–H and O–H groups in total. The minimum atomic E-state index is 0.0254. The maximum Gasteiger partial charge on any atom is 0.0641 e. The molecular weight excluding hydrogens is 222 g/mol. The SMILES string of the molecule is Cc1ccc(C)c(CNC2CCOC(C)(C)C2)c1. The number of rotatable bonds is 3. The Bertz CT molecular complexity index is 412. The van der Waals surface area contributed by atoms with Crippen molar-refractivity contribution in [3.63, 3.8) is 0 Å². The molecule has 0 bridgehead atoms. The van der Waals surface area contributed by atoms with Crippen LogP contribution in [0.15, 0.2) is 18.2 Å². The molecular formula is C16H25NO. The van der Waals surface area contributed by atoms with Gasteiger partial charge in [-0.2, -0.15) is 0 Å². The molecule has 1 heterocycles. The van der Waals surface area contributed by atoms with Crippen molar-refractivity contribution in [2.75, 3.05) is 6.61 Å². The zero-order valence-corrected chi connectivity index (χ0v) is 12.0. The molecule has 2 rings (SSSR count). The standard InChI is InChI=1S/C16H25NO/c1-12-5-6-13(2)14(9-12)11-17-15-7-8-18-16(3,4)10-15/h5-6,9,15,17H,7-8,10-11H2,1-4H3. The van der Waals surface area contributed by atoms with Gasteiger partial charge in [-0.15, -0.1) is 0 Å². The molecule has 0 spiro atoms. The molecule has 2 heteroatoms. The first-order valence-electron chi connectivity index (χ1n) is 6.90. The second-order valence-corrected chi connectivity index (χ2v) is 6.11. The molecule has 1 aliphatic rings. The highest BCUT2D eigenvalue weighted by Gasteiger charge is 2.28. The van der Waals surface area contributed by atoms with Crippen LogP contribution in [-0.4, -0.2) is 18.2 Å². The highest BCUT2D eigenvalue weighted by molar-refractivity contribution is 5.30. The van der Waals surface area contributed by atoms with Crippen LogP contribution in [0.5, 0.6) is 0 Å². The van der Waals surface area contributed by atoms with Crippen molar-refractivity contribution in [1.29, 1.82) is 0 Å². The first kappa shape index (κ1) is 13.6. The van der Waals surface area contributed by atoms with E-state index in [-0.39, 0.29) is 5.60 Å². The van der Waals surface area contributed by atoms with Gasteiger partial charge in [0.2, 0.25) is 0 Å². The number of aryl methyl sites for hydroxylation is 2. The highest BCUT2D eigenvalue weighted by Crippen LogP contribution is 2.24. The summed E-state index contributed by atoms with van der Waals surface area (Å²) in [6, 6.07) is 7.25. The predicted molar refractivity (Wildman–Crippen MR) is 75.8 cm³/mol. The third-order valence-electron chi connectivity index (χ3n) is 3.78. The van der Waals surface area contributed by atoms with Gasteiger partial charge in [-0.1, -0.05) is 23.8 Å². The lowest BCUT2D eigenvalue weighted by atomic mass is 9.93. The second kappa shape index (κ2) is 5.41. The minimum Gasteiger partial charge on any atom is -0.375 e. The van der Waals surface area contributed by atoms with Crippen LogP contribution in [0.2, 0.25) is 0 Å². The molecule has 1 aliphatic heterocycles. The number of ether oxygens (including phenoxy) is 1. The lowest BCUT2D eigenvalue weighted by molar-refractivity contribution is -0.0630. The van der Waals surface area contributed by atoms with Crippen molar-refractivity contribution in [2.45, 2.75) is 58.7 Å². The molecule has 0 radical (unpaired) electrons. The first-order valence-corrected chi connectivity index (χ1v) is 6.90. The van der Waals surface area contributed by atoms with Crippen LogP contribution < -0.4 is 5.32 Å². The van der Waals surface area contributed by atoms with Gasteiger partial charge in [0.15, 0.2) is 0 Å². The van der Waals surface area contributed by atoms with Gasteiger partial charge in [0.05, 0.1) is 5.60 Å². The smallest absolute Gasteiger partial charge is 0.0641 e. The average molecular weight is 247 g/mol. The Hall–Kier alpha value is -0.860. The van der Waals surface area contributed by atoms with E-state index in [0.29, 0.717) is 6.04 Å². The van der Waals surface area contributed by atoms with E-state index >= 15 is 0 Å². The zero-order chi connectivity index (χ0) is 13.2. The summed E-state index contributed by atoms with van der Waals surface area (Å²) in [4.78, 5) is 0. The van der Waals surface area contributed by atoms with Gasteiger partial charge in [0.25, 0.3) is 0 Å². The van der Waals surface area contributed by atoms with Gasteiger partial charge in [0.1, 0.15) is 0 Å². The summed E-state index contributed by atoms with van der Waals surface area (Å²) < 4.78 is 5.75. The van der Waals surface area contributed by atoms with E-state index in [4.69, 9.17) is 4.74 Å². The maximum atomic E-state index is 5.75. The van der Waals surface area contributed by atoms with Gasteiger partial charge in [0, 0.05) is 19.2 Å². The largest absolute Gasteiger partial charge is 0.375 e. The zero-order valence-electron chi connectivity index (χ0n) is 12.0. The van der Waals surface area contributed by atoms with Crippen LogP contribution in [0.25, 0.3) is 0 Å². The van der Waals surface area contributed by atoms with Crippen molar-refractivity contribution in [3.8, 4) is 0 Å². The van der Waals surface area contributed by atoms with Gasteiger partial charge in [-0.3, -0.25) is 0 Å². The molecule has 1 aromatic carbocycles. The molecule has 0 amide bonds. The normalized spacial score (nSPS) is 23.0. The fourth-order valence-electron chi connectivity index (χ4n) is 2.65.